The van der Waals surface area contributed by atoms with E-state index in [4.69, 9.17) is 0 Å². The van der Waals surface area contributed by atoms with E-state index in [0.29, 0.717) is 0 Å². The van der Waals surface area contributed by atoms with Crippen LogP contribution in [-0.2, 0) is 18.3 Å². The lowest BCUT2D eigenvalue weighted by atomic mass is 10.7. The molecule has 0 aliphatic heterocycles. The predicted molar refractivity (Wildman–Crippen MR) is 35.8 cm³/mol. The number of rotatable bonds is 4. The summed E-state index contributed by atoms with van der Waals surface area (Å²) in [5.41, 5.74) is 0. The van der Waals surface area contributed by atoms with Gasteiger partial charge in [-0.05, 0) is 0 Å². The first-order valence-electron chi connectivity index (χ1n) is 2.22. The van der Waals surface area contributed by atoms with Crippen molar-refractivity contribution in [3.63, 3.8) is 0 Å². The average molecular weight is 311 g/mol. The van der Waals surface area contributed by atoms with Crippen LogP contribution in [0.3, 0.4) is 0 Å². The fourth-order valence-corrected chi connectivity index (χ4v) is 0.840. The second-order valence-electron chi connectivity index (χ2n) is 1.57. The van der Waals surface area contributed by atoms with Crippen LogP contribution in [0.4, 0.5) is 17.6 Å². The second-order valence-corrected chi connectivity index (χ2v) is 4.05. The molecule has 0 unspecified atom stereocenters. The van der Waals surface area contributed by atoms with Crippen LogP contribution < -0.4 is 0 Å². The van der Waals surface area contributed by atoms with Gasteiger partial charge in [-0.15, -0.1) is 3.74 Å². The summed E-state index contributed by atoms with van der Waals surface area (Å²) in [5, 5.41) is 0. The molecule has 0 spiro atoms. The maximum atomic E-state index is 12.1. The third-order valence-corrected chi connectivity index (χ3v) is 2.11. The first-order valence-corrected chi connectivity index (χ1v) is 4.65. The first kappa shape index (κ1) is 13.4. The van der Waals surface area contributed by atoms with Crippen molar-refractivity contribution in [2.24, 2.45) is 0 Å². The van der Waals surface area contributed by atoms with Gasteiger partial charge in [-0.3, -0.25) is 0 Å². The van der Waals surface area contributed by atoms with Gasteiger partial charge in [-0.2, -0.15) is 30.2 Å². The largest absolute Gasteiger partial charge is 0.445 e. The molecule has 80 valence electrons. The summed E-state index contributed by atoms with van der Waals surface area (Å²) in [4.78, 5) is -4.86. The lowest BCUT2D eigenvalue weighted by Gasteiger charge is -2.18. The van der Waals surface area contributed by atoms with Gasteiger partial charge in [0.2, 0.25) is 0 Å². The molecule has 0 aromatic carbocycles. The minimum atomic E-state index is -5.35. The molecule has 0 saturated heterocycles. The summed E-state index contributed by atoms with van der Waals surface area (Å²) in [7, 11) is -5.35. The summed E-state index contributed by atoms with van der Waals surface area (Å²) in [5.74, 6) is 0. The van der Waals surface area contributed by atoms with Gasteiger partial charge in [-0.25, -0.2) is 0 Å². The Bertz CT molecular complexity index is 272. The molecule has 0 N–H and O–H groups in total. The molecular formula is C2BrClF4O4S. The quantitative estimate of drug-likeness (QED) is 0.588. The Kier molecular flexibility index (Phi) is 3.95. The van der Waals surface area contributed by atoms with E-state index in [1.807, 2.05) is 0 Å². The maximum absolute atomic E-state index is 12.1. The Morgan fingerprint density at radius 2 is 1.62 bits per heavy atom. The number of hydrogen-bond acceptors (Lipinski definition) is 4. The number of alkyl halides is 5. The Balaban J connectivity index is 4.72. The van der Waals surface area contributed by atoms with Crippen molar-refractivity contribution in [1.29, 1.82) is 0 Å². The molecule has 0 atom stereocenters. The molecule has 0 aliphatic rings. The molecule has 0 saturated carbocycles. The van der Waals surface area contributed by atoms with Gasteiger partial charge in [0.1, 0.15) is 0 Å². The van der Waals surface area contributed by atoms with Crippen molar-refractivity contribution in [2.75, 3.05) is 0 Å². The summed E-state index contributed by atoms with van der Waals surface area (Å²) in [6.45, 7) is 0. The normalized spacial score (nSPS) is 14.6. The fourth-order valence-electron chi connectivity index (χ4n) is 0.188. The van der Waals surface area contributed by atoms with Crippen molar-refractivity contribution >= 4 is 38.2 Å². The zero-order valence-corrected chi connectivity index (χ0v) is 8.47. The standard InChI is InChI=1S/C2BrClF4O4S/c3-1(5,6)2(7,8)11-13(9,10)12-4. The molecule has 0 heterocycles. The van der Waals surface area contributed by atoms with Crippen LogP contribution in [0.15, 0.2) is 0 Å². The lowest BCUT2D eigenvalue weighted by Crippen LogP contribution is -2.39. The maximum Gasteiger partial charge on any atom is 0.445 e. The van der Waals surface area contributed by atoms with Crippen molar-refractivity contribution < 1.29 is 33.9 Å². The highest BCUT2D eigenvalue weighted by atomic mass is 79.9. The highest BCUT2D eigenvalue weighted by molar-refractivity contribution is 9.10. The van der Waals surface area contributed by atoms with E-state index < -0.39 is 21.3 Å². The van der Waals surface area contributed by atoms with Gasteiger partial charge in [0.25, 0.3) is 0 Å². The minimum absolute atomic E-state index is 1.21. The molecule has 0 aliphatic carbocycles. The fraction of sp³-hybridized carbons (Fsp3) is 1.00. The van der Waals surface area contributed by atoms with Gasteiger partial charge < -0.3 is 0 Å². The van der Waals surface area contributed by atoms with E-state index in [1.165, 1.54) is 15.9 Å². The van der Waals surface area contributed by atoms with Gasteiger partial charge in [0.05, 0.1) is 11.9 Å². The summed E-state index contributed by atoms with van der Waals surface area (Å²) >= 11 is 5.35. The summed E-state index contributed by atoms with van der Waals surface area (Å²) in [6.07, 6.45) is -5.29. The zero-order chi connectivity index (χ0) is 10.9. The topological polar surface area (TPSA) is 52.6 Å². The number of hydrogen-bond donors (Lipinski definition) is 0. The van der Waals surface area contributed by atoms with Gasteiger partial charge in [-0.1, -0.05) is 0 Å². The molecule has 0 amide bonds. The molecule has 0 aromatic heterocycles. The van der Waals surface area contributed by atoms with Crippen LogP contribution in [-0.4, -0.2) is 19.4 Å². The van der Waals surface area contributed by atoms with Crippen molar-refractivity contribution in [1.82, 2.24) is 0 Å². The van der Waals surface area contributed by atoms with Crippen molar-refractivity contribution in [3.05, 3.63) is 0 Å². The SMILES string of the molecule is O=S(=O)(OCl)OC(F)(F)C(F)(F)Br. The summed E-state index contributed by atoms with van der Waals surface area (Å²) in [6, 6.07) is 0. The van der Waals surface area contributed by atoms with Crippen LogP contribution in [0.2, 0.25) is 0 Å². The van der Waals surface area contributed by atoms with E-state index >= 15 is 0 Å². The molecule has 0 fully saturated rings. The average Bonchev–Trinajstić information content (AvgIpc) is 1.83. The van der Waals surface area contributed by atoms with E-state index in [0.717, 1.165) is 0 Å². The van der Waals surface area contributed by atoms with Gasteiger partial charge in [0.15, 0.2) is 0 Å². The molecule has 11 heteroatoms. The predicted octanol–water partition coefficient (Wildman–Crippen LogP) is 2.00. The van der Waals surface area contributed by atoms with Gasteiger partial charge >= 0.3 is 21.3 Å². The van der Waals surface area contributed by atoms with Crippen LogP contribution in [0.5, 0.6) is 0 Å². The Labute approximate surface area is 83.4 Å². The Hall–Kier alpha value is 0.360. The van der Waals surface area contributed by atoms with Crippen LogP contribution in [0, 0.1) is 0 Å². The zero-order valence-electron chi connectivity index (χ0n) is 5.31. The van der Waals surface area contributed by atoms with Crippen LogP contribution in [0.1, 0.15) is 0 Å². The Morgan fingerprint density at radius 1 is 1.23 bits per heavy atom. The van der Waals surface area contributed by atoms with Gasteiger partial charge in [0, 0.05) is 15.9 Å². The van der Waals surface area contributed by atoms with Crippen LogP contribution >= 0.6 is 27.8 Å². The first-order chi connectivity index (χ1) is 5.52. The third kappa shape index (κ3) is 3.94. The van der Waals surface area contributed by atoms with E-state index in [9.17, 15) is 26.0 Å². The Morgan fingerprint density at radius 3 is 1.85 bits per heavy atom. The number of halogens is 6. The second kappa shape index (κ2) is 3.85. The molecule has 0 aromatic rings. The van der Waals surface area contributed by atoms with Crippen LogP contribution in [0.25, 0.3) is 0 Å². The van der Waals surface area contributed by atoms with E-state index in [2.05, 4.69) is 19.8 Å². The molecular weight excluding hydrogens is 311 g/mol. The highest BCUT2D eigenvalue weighted by Gasteiger charge is 2.59. The molecule has 0 radical (unpaired) electrons. The highest BCUT2D eigenvalue weighted by Crippen LogP contribution is 2.41. The molecule has 0 rings (SSSR count). The molecule has 13 heavy (non-hydrogen) atoms. The van der Waals surface area contributed by atoms with Crippen molar-refractivity contribution in [2.45, 2.75) is 10.9 Å². The molecule has 0 bridgehead atoms. The molecule has 4 nitrogen and oxygen atoms in total. The van der Waals surface area contributed by atoms with Crippen molar-refractivity contribution in [3.8, 4) is 0 Å². The lowest BCUT2D eigenvalue weighted by molar-refractivity contribution is -0.266. The summed E-state index contributed by atoms with van der Waals surface area (Å²) < 4.78 is 73.4. The monoisotopic (exact) mass is 310 g/mol. The smallest absolute Gasteiger partial charge is 0.183 e. The minimum Gasteiger partial charge on any atom is -0.183 e. The van der Waals surface area contributed by atoms with E-state index in [1.54, 1.807) is 0 Å². The third-order valence-electron chi connectivity index (χ3n) is 0.614. The van der Waals surface area contributed by atoms with E-state index in [-0.39, 0.29) is 0 Å².